The van der Waals surface area contributed by atoms with E-state index in [-0.39, 0.29) is 30.7 Å². The van der Waals surface area contributed by atoms with Crippen molar-refractivity contribution in [3.63, 3.8) is 0 Å². The second-order valence-corrected chi connectivity index (χ2v) is 8.33. The first kappa shape index (κ1) is 19.6. The van der Waals surface area contributed by atoms with Gasteiger partial charge in [0.1, 0.15) is 5.84 Å². The van der Waals surface area contributed by atoms with E-state index in [4.69, 9.17) is 4.74 Å². The highest BCUT2D eigenvalue weighted by molar-refractivity contribution is 7.90. The zero-order valence-corrected chi connectivity index (χ0v) is 16.2. The Kier molecular flexibility index (Phi) is 5.95. The molecule has 0 atom stereocenters. The van der Waals surface area contributed by atoms with E-state index in [1.54, 1.807) is 35.1 Å². The fraction of sp³-hybridized carbons (Fsp3) is 0.588. The van der Waals surface area contributed by atoms with E-state index in [1.807, 2.05) is 4.90 Å². The van der Waals surface area contributed by atoms with Crippen LogP contribution in [-0.2, 0) is 24.3 Å². The molecular formula is C17H24N4O5S. The normalized spacial score (nSPS) is 22.4. The summed E-state index contributed by atoms with van der Waals surface area (Å²) in [6.07, 6.45) is 5.61. The van der Waals surface area contributed by atoms with Gasteiger partial charge in [-0.2, -0.15) is 0 Å². The van der Waals surface area contributed by atoms with Crippen molar-refractivity contribution in [3.8, 4) is 0 Å². The van der Waals surface area contributed by atoms with E-state index in [0.29, 0.717) is 37.6 Å². The fourth-order valence-electron chi connectivity index (χ4n) is 3.23. The zero-order chi connectivity index (χ0) is 19.4. The monoisotopic (exact) mass is 396 g/mol. The quantitative estimate of drug-likeness (QED) is 0.595. The molecule has 0 aromatic rings. The Hall–Kier alpha value is -2.20. The van der Waals surface area contributed by atoms with E-state index in [0.717, 1.165) is 13.0 Å². The van der Waals surface area contributed by atoms with Crippen LogP contribution in [0.2, 0.25) is 0 Å². The SMILES string of the molecule is CCOC(=O)CN1CCCN(C(=O)C2=CN3CCS(=O)(=O)N=C3C=C2)CC1. The van der Waals surface area contributed by atoms with Gasteiger partial charge in [-0.05, 0) is 25.5 Å². The van der Waals surface area contributed by atoms with Gasteiger partial charge in [-0.15, -0.1) is 4.40 Å². The molecule has 0 radical (unpaired) electrons. The van der Waals surface area contributed by atoms with Crippen molar-refractivity contribution in [2.75, 3.05) is 51.6 Å². The molecule has 0 aromatic carbocycles. The summed E-state index contributed by atoms with van der Waals surface area (Å²) in [7, 11) is -3.41. The summed E-state index contributed by atoms with van der Waals surface area (Å²) in [5, 5.41) is 0. The molecule has 1 amide bonds. The third kappa shape index (κ3) is 4.95. The summed E-state index contributed by atoms with van der Waals surface area (Å²) < 4.78 is 31.8. The molecule has 9 nitrogen and oxygen atoms in total. The predicted octanol–water partition coefficient (Wildman–Crippen LogP) is -0.419. The van der Waals surface area contributed by atoms with Gasteiger partial charge in [0.05, 0.1) is 24.5 Å². The van der Waals surface area contributed by atoms with Crippen molar-refractivity contribution in [3.05, 3.63) is 23.9 Å². The van der Waals surface area contributed by atoms with Crippen LogP contribution < -0.4 is 0 Å². The summed E-state index contributed by atoms with van der Waals surface area (Å²) in [6, 6.07) is 0. The van der Waals surface area contributed by atoms with Crippen molar-refractivity contribution in [2.45, 2.75) is 13.3 Å². The van der Waals surface area contributed by atoms with Crippen LogP contribution >= 0.6 is 0 Å². The minimum Gasteiger partial charge on any atom is -0.465 e. The number of hydrogen-bond donors (Lipinski definition) is 0. The first-order chi connectivity index (χ1) is 12.9. The first-order valence-electron chi connectivity index (χ1n) is 9.04. The second-order valence-electron chi connectivity index (χ2n) is 6.57. The van der Waals surface area contributed by atoms with E-state index in [9.17, 15) is 18.0 Å². The Balaban J connectivity index is 1.61. The van der Waals surface area contributed by atoms with Gasteiger partial charge in [-0.1, -0.05) is 0 Å². The Morgan fingerprint density at radius 1 is 1.15 bits per heavy atom. The molecule has 0 bridgehead atoms. The lowest BCUT2D eigenvalue weighted by molar-refractivity contribution is -0.144. The minimum absolute atomic E-state index is 0.0607. The van der Waals surface area contributed by atoms with Crippen LogP contribution in [0.3, 0.4) is 0 Å². The molecule has 1 fully saturated rings. The number of hydrogen-bond acceptors (Lipinski definition) is 7. The standard InChI is InChI=1S/C17H24N4O5S/c1-2-26-16(22)13-19-6-3-7-20(9-8-19)17(23)14-4-5-15-18-27(24,25)11-10-21(15)12-14/h4-5,12H,2-3,6-11,13H2,1H3. The number of amidine groups is 1. The molecule has 0 spiro atoms. The topological polar surface area (TPSA) is 99.6 Å². The molecule has 27 heavy (non-hydrogen) atoms. The molecule has 3 aliphatic heterocycles. The largest absolute Gasteiger partial charge is 0.465 e. The number of fused-ring (bicyclic) bond motifs is 1. The lowest BCUT2D eigenvalue weighted by Crippen LogP contribution is -2.40. The Bertz CT molecular complexity index is 802. The third-order valence-corrected chi connectivity index (χ3v) is 5.77. The van der Waals surface area contributed by atoms with Gasteiger partial charge >= 0.3 is 5.97 Å². The smallest absolute Gasteiger partial charge is 0.320 e. The molecule has 3 aliphatic rings. The molecule has 0 unspecified atom stereocenters. The fourth-order valence-corrected chi connectivity index (χ4v) is 4.20. The number of carbonyl (C=O) groups excluding carboxylic acids is 2. The highest BCUT2D eigenvalue weighted by Crippen LogP contribution is 2.18. The second kappa shape index (κ2) is 8.22. The summed E-state index contributed by atoms with van der Waals surface area (Å²) in [5.41, 5.74) is 0.507. The maximum atomic E-state index is 12.9. The third-order valence-electron chi connectivity index (χ3n) is 4.60. The molecule has 3 rings (SSSR count). The maximum absolute atomic E-state index is 12.9. The highest BCUT2D eigenvalue weighted by Gasteiger charge is 2.27. The maximum Gasteiger partial charge on any atom is 0.320 e. The number of ether oxygens (including phenoxy) is 1. The van der Waals surface area contributed by atoms with E-state index in [1.165, 1.54) is 0 Å². The molecule has 0 aliphatic carbocycles. The number of carbonyl (C=O) groups is 2. The Labute approximate surface area is 159 Å². The first-order valence-corrected chi connectivity index (χ1v) is 10.7. The molecule has 0 N–H and O–H groups in total. The summed E-state index contributed by atoms with van der Waals surface area (Å²) in [4.78, 5) is 30.0. The molecule has 0 saturated carbocycles. The van der Waals surface area contributed by atoms with Crippen LogP contribution in [0.4, 0.5) is 0 Å². The predicted molar refractivity (Wildman–Crippen MR) is 99.4 cm³/mol. The lowest BCUT2D eigenvalue weighted by Gasteiger charge is -2.28. The molecule has 1 saturated heterocycles. The van der Waals surface area contributed by atoms with Crippen LogP contribution in [-0.4, -0.2) is 92.5 Å². The average Bonchev–Trinajstić information content (AvgIpc) is 2.86. The summed E-state index contributed by atoms with van der Waals surface area (Å²) >= 11 is 0. The number of rotatable bonds is 4. The van der Waals surface area contributed by atoms with Crippen molar-refractivity contribution in [1.29, 1.82) is 0 Å². The van der Waals surface area contributed by atoms with Crippen LogP contribution in [0.15, 0.2) is 28.3 Å². The van der Waals surface area contributed by atoms with E-state index < -0.39 is 10.0 Å². The molecular weight excluding hydrogens is 372 g/mol. The van der Waals surface area contributed by atoms with E-state index >= 15 is 0 Å². The minimum atomic E-state index is -3.41. The molecule has 0 aromatic heterocycles. The van der Waals surface area contributed by atoms with Crippen molar-refractivity contribution in [1.82, 2.24) is 14.7 Å². The lowest BCUT2D eigenvalue weighted by atomic mass is 10.1. The van der Waals surface area contributed by atoms with Gasteiger partial charge in [-0.3, -0.25) is 14.5 Å². The average molecular weight is 396 g/mol. The number of esters is 1. The molecule has 3 heterocycles. The summed E-state index contributed by atoms with van der Waals surface area (Å²) in [6.45, 7) is 5.14. The molecule has 10 heteroatoms. The van der Waals surface area contributed by atoms with Crippen molar-refractivity contribution in [2.24, 2.45) is 4.40 Å². The van der Waals surface area contributed by atoms with Crippen molar-refractivity contribution < 1.29 is 22.7 Å². The van der Waals surface area contributed by atoms with Crippen molar-refractivity contribution >= 4 is 27.7 Å². The number of sulfonamides is 1. The van der Waals surface area contributed by atoms with Crippen LogP contribution in [0.25, 0.3) is 0 Å². The van der Waals surface area contributed by atoms with Gasteiger partial charge in [0.15, 0.2) is 0 Å². The van der Waals surface area contributed by atoms with Gasteiger partial charge in [0, 0.05) is 38.9 Å². The number of amides is 1. The van der Waals surface area contributed by atoms with Crippen LogP contribution in [0.5, 0.6) is 0 Å². The van der Waals surface area contributed by atoms with E-state index in [2.05, 4.69) is 4.40 Å². The van der Waals surface area contributed by atoms with Gasteiger partial charge in [-0.25, -0.2) is 8.42 Å². The molecule has 148 valence electrons. The van der Waals surface area contributed by atoms with Gasteiger partial charge in [0.25, 0.3) is 15.9 Å². The highest BCUT2D eigenvalue weighted by atomic mass is 32.2. The Morgan fingerprint density at radius 2 is 1.96 bits per heavy atom. The van der Waals surface area contributed by atoms with Gasteiger partial charge < -0.3 is 14.5 Å². The number of nitrogens with zero attached hydrogens (tertiary/aromatic N) is 4. The van der Waals surface area contributed by atoms with Crippen LogP contribution in [0.1, 0.15) is 13.3 Å². The Morgan fingerprint density at radius 3 is 2.74 bits per heavy atom. The van der Waals surface area contributed by atoms with Crippen LogP contribution in [0, 0.1) is 0 Å². The zero-order valence-electron chi connectivity index (χ0n) is 15.3. The summed E-state index contributed by atoms with van der Waals surface area (Å²) in [5.74, 6) is -0.0671. The van der Waals surface area contributed by atoms with Gasteiger partial charge in [0.2, 0.25) is 0 Å².